The number of hydrogen-bond donors (Lipinski definition) is 7. The van der Waals surface area contributed by atoms with Crippen LogP contribution < -0.4 is 9.79 Å². The molecule has 1 saturated carbocycles. The van der Waals surface area contributed by atoms with Crippen molar-refractivity contribution in [2.75, 3.05) is 39.6 Å². The molecule has 3 heterocycles. The van der Waals surface area contributed by atoms with Crippen LogP contribution in [0.25, 0.3) is 0 Å². The maximum absolute atomic E-state index is 12.3. The molecule has 0 aromatic heterocycles. The van der Waals surface area contributed by atoms with Gasteiger partial charge in [-0.2, -0.15) is 0 Å². The van der Waals surface area contributed by atoms with Gasteiger partial charge < -0.3 is 87.1 Å². The molecule has 0 radical (unpaired) electrons. The zero-order valence-corrected chi connectivity index (χ0v) is 46.4. The molecule has 7 N–H and O–H groups in total. The minimum Gasteiger partial charge on any atom is -0.756 e. The smallest absolute Gasteiger partial charge is 0.472 e. The van der Waals surface area contributed by atoms with Crippen LogP contribution in [0.5, 0.6) is 0 Å². The van der Waals surface area contributed by atoms with Crippen molar-refractivity contribution in [1.82, 2.24) is 0 Å². The molecule has 3 saturated heterocycles. The second kappa shape index (κ2) is 32.2. The molecule has 0 spiro atoms. The summed E-state index contributed by atoms with van der Waals surface area (Å²) in [5.41, 5.74) is 1.36. The first-order valence-corrected chi connectivity index (χ1v) is 29.7. The van der Waals surface area contributed by atoms with E-state index in [9.17, 15) is 48.8 Å². The van der Waals surface area contributed by atoms with Crippen LogP contribution in [0, 0.1) is 17.8 Å². The first-order valence-electron chi connectivity index (χ1n) is 25.3. The minimum absolute atomic E-state index is 0.0492. The molecule has 1 aromatic rings. The summed E-state index contributed by atoms with van der Waals surface area (Å²) in [4.78, 5) is 34.1. The fraction of sp³-hybridized carbons (Fsp3) is 0.872. The van der Waals surface area contributed by atoms with E-state index in [1.807, 2.05) is 41.5 Å². The number of hydrogen-bond acceptors (Lipinski definition) is 22. The zero-order valence-electron chi connectivity index (χ0n) is 43.7. The Labute approximate surface area is 430 Å². The minimum atomic E-state index is -4.61. The molecular weight excluding hydrogens is 1030 g/mol. The first-order chi connectivity index (χ1) is 34.2. The lowest BCUT2D eigenvalue weighted by Crippen LogP contribution is -2.36. The van der Waals surface area contributed by atoms with Crippen LogP contribution in [0.4, 0.5) is 0 Å². The fourth-order valence-electron chi connectivity index (χ4n) is 8.48. The van der Waals surface area contributed by atoms with Crippen molar-refractivity contribution < 1.29 is 110 Å². The number of aliphatic hydroxyl groups excluding tert-OH is 6. The van der Waals surface area contributed by atoms with Crippen LogP contribution in [-0.2, 0) is 77.7 Å². The number of phosphoric acid groups is 3. The highest BCUT2D eigenvalue weighted by Crippen LogP contribution is 2.51. The maximum Gasteiger partial charge on any atom is 0.472 e. The highest BCUT2D eigenvalue weighted by atomic mass is 31.2. The van der Waals surface area contributed by atoms with Gasteiger partial charge in [0.15, 0.2) is 0 Å². The molecule has 3 unspecified atom stereocenters. The van der Waals surface area contributed by atoms with Gasteiger partial charge in [0.05, 0.1) is 102 Å². The summed E-state index contributed by atoms with van der Waals surface area (Å²) >= 11 is 0. The molecule has 26 heteroatoms. The van der Waals surface area contributed by atoms with Crippen molar-refractivity contribution >= 4 is 23.5 Å². The van der Waals surface area contributed by atoms with Crippen LogP contribution >= 0.6 is 23.5 Å². The Kier molecular flexibility index (Phi) is 29.3. The molecule has 0 bridgehead atoms. The maximum atomic E-state index is 12.3. The van der Waals surface area contributed by atoms with Gasteiger partial charge in [-0.15, -0.1) is 0 Å². The third-order valence-corrected chi connectivity index (χ3v) is 15.2. The van der Waals surface area contributed by atoms with E-state index in [1.54, 1.807) is 45.0 Å². The zero-order chi connectivity index (χ0) is 54.7. The normalized spacial score (nSPS) is 32.9. The Balaban J connectivity index is 0.000000289. The molecule has 4 aliphatic rings. The van der Waals surface area contributed by atoms with E-state index in [2.05, 4.69) is 0 Å². The van der Waals surface area contributed by atoms with E-state index in [1.165, 1.54) is 0 Å². The standard InChI is InChI=1S/C17H27O7P.C15H31O9P.C15H29O7P/c1-11(2)8-15-17(16(19)12(3)23-15)24-25(20,21)22-10-14-6-4-13(9-18)5-7-14;1-11(2)10-13-15(14(17)12(3)23-13)24-25(18,19)22-9-8-21-7-6-20-5-4-16;1-9(2)8-13-15(14(17)10(3)20-13)22-23(18,19)21-12-6-4-11(16)5-7-12/h4-7,11-12,15-19H,8-10H2,1-3H3,(H,20,21);11-17H,4-10H2,1-3H3,(H,18,19);9-17H,4-8H2,1-3H3,(H,18,19)/p-2/t12-,15+,16-,17+;12-,13+,14-,15+;10-,11?,12?,13+,14-,15+/m000/s1. The lowest BCUT2D eigenvalue weighted by molar-refractivity contribution is -0.235. The molecule has 1 aliphatic carbocycles. The van der Waals surface area contributed by atoms with Crippen molar-refractivity contribution in [3.63, 3.8) is 0 Å². The molecule has 3 aliphatic heterocycles. The molecular formula is C47H85O23P3-2. The van der Waals surface area contributed by atoms with E-state index >= 15 is 0 Å². The summed E-state index contributed by atoms with van der Waals surface area (Å²) in [5, 5.41) is 57.4. The van der Waals surface area contributed by atoms with Gasteiger partial charge >= 0.3 is 7.82 Å². The number of phosphoric ester groups is 3. The summed E-state index contributed by atoms with van der Waals surface area (Å²) in [6.07, 6.45) is -5.61. The largest absolute Gasteiger partial charge is 0.756 e. The van der Waals surface area contributed by atoms with Gasteiger partial charge in [0.1, 0.15) is 36.6 Å². The molecule has 1 aromatic carbocycles. The molecule has 5 rings (SSSR count). The molecule has 0 amide bonds. The topological polar surface area (TPSA) is 340 Å². The van der Waals surface area contributed by atoms with E-state index in [4.69, 9.17) is 61.0 Å². The average Bonchev–Trinajstić information content (AvgIpc) is 3.82. The van der Waals surface area contributed by atoms with Gasteiger partial charge in [-0.3, -0.25) is 18.2 Å². The van der Waals surface area contributed by atoms with Gasteiger partial charge in [0.2, 0.25) is 0 Å². The van der Waals surface area contributed by atoms with Crippen LogP contribution in [0.15, 0.2) is 24.3 Å². The van der Waals surface area contributed by atoms with Crippen molar-refractivity contribution in [3.05, 3.63) is 35.4 Å². The van der Waals surface area contributed by atoms with Crippen molar-refractivity contribution in [3.8, 4) is 0 Å². The van der Waals surface area contributed by atoms with Gasteiger partial charge in [-0.05, 0) is 94.6 Å². The molecule has 428 valence electrons. The molecule has 23 nitrogen and oxygen atoms in total. The SMILES string of the molecule is CC(C)C[C@H]1O[C@@H](C)[C@H](O)[C@@H]1OP(=O)(O)OC1CCC(O)CC1.CC(C)C[C@H]1O[C@@H](C)[C@H](O)[C@@H]1OP(=O)([O-])OCCOCCOCCO.CC(C)C[C@H]1O[C@@H](C)[C@H](O)[C@@H]1OP(=O)([O-])OCc1ccc(CO)cc1. The van der Waals surface area contributed by atoms with Crippen LogP contribution in [0.2, 0.25) is 0 Å². The second-order valence-electron chi connectivity index (χ2n) is 20.1. The molecule has 4 fully saturated rings. The van der Waals surface area contributed by atoms with E-state index in [0.717, 1.165) is 5.56 Å². The van der Waals surface area contributed by atoms with Crippen molar-refractivity contribution in [2.24, 2.45) is 17.8 Å². The highest BCUT2D eigenvalue weighted by molar-refractivity contribution is 7.47. The monoisotopic (exact) mass is 1110 g/mol. The Morgan fingerprint density at radius 1 is 0.562 bits per heavy atom. The highest BCUT2D eigenvalue weighted by Gasteiger charge is 2.48. The van der Waals surface area contributed by atoms with Crippen molar-refractivity contribution in [1.29, 1.82) is 0 Å². The molecule has 73 heavy (non-hydrogen) atoms. The lowest BCUT2D eigenvalue weighted by Gasteiger charge is -2.30. The Morgan fingerprint density at radius 2 is 0.945 bits per heavy atom. The van der Waals surface area contributed by atoms with Gasteiger partial charge in [0, 0.05) is 0 Å². The van der Waals surface area contributed by atoms with Crippen LogP contribution in [-0.4, -0.2) is 161 Å². The van der Waals surface area contributed by atoms with Crippen LogP contribution in [0.3, 0.4) is 0 Å². The van der Waals surface area contributed by atoms with Gasteiger partial charge in [-0.1, -0.05) is 65.8 Å². The van der Waals surface area contributed by atoms with E-state index in [0.29, 0.717) is 63.0 Å². The molecule has 15 atom stereocenters. The summed E-state index contributed by atoms with van der Waals surface area (Å²) in [6.45, 7) is 17.3. The van der Waals surface area contributed by atoms with Crippen molar-refractivity contribution in [2.45, 2.75) is 206 Å². The van der Waals surface area contributed by atoms with Gasteiger partial charge in [-0.25, -0.2) is 4.57 Å². The number of aliphatic hydroxyl groups is 6. The summed E-state index contributed by atoms with van der Waals surface area (Å²) in [5.74, 6) is 0.843. The number of rotatable bonds is 27. The van der Waals surface area contributed by atoms with Gasteiger partial charge in [0.25, 0.3) is 15.6 Å². The Hall–Kier alpha value is -0.890. The third kappa shape index (κ3) is 24.3. The lowest BCUT2D eigenvalue weighted by atomic mass is 9.95. The second-order valence-corrected chi connectivity index (χ2v) is 24.2. The Bertz CT molecular complexity index is 1820. The summed E-state index contributed by atoms with van der Waals surface area (Å²) in [6, 6.07) is 6.71. The van der Waals surface area contributed by atoms with E-state index < -0.39 is 103 Å². The number of benzene rings is 1. The van der Waals surface area contributed by atoms with Crippen LogP contribution in [0.1, 0.15) is 118 Å². The first kappa shape index (κ1) is 66.4. The number of ether oxygens (including phenoxy) is 5. The summed E-state index contributed by atoms with van der Waals surface area (Å²) < 4.78 is 93.7. The Morgan fingerprint density at radius 3 is 1.36 bits per heavy atom. The quantitative estimate of drug-likeness (QED) is 0.0486. The average molecular weight is 1110 g/mol. The predicted molar refractivity (Wildman–Crippen MR) is 260 cm³/mol. The predicted octanol–water partition coefficient (Wildman–Crippen LogP) is 3.81. The fourth-order valence-corrected chi connectivity index (χ4v) is 11.5. The van der Waals surface area contributed by atoms with E-state index in [-0.39, 0.29) is 64.2 Å². The summed E-state index contributed by atoms with van der Waals surface area (Å²) in [7, 11) is -13.5. The third-order valence-electron chi connectivity index (χ3n) is 12.2.